The molecule has 6 heteroatoms. The molecular weight excluding hydrogens is 244 g/mol. The van der Waals surface area contributed by atoms with Crippen LogP contribution in [0.25, 0.3) is 0 Å². The van der Waals surface area contributed by atoms with E-state index in [1.165, 1.54) is 0 Å². The molecule has 6 nitrogen and oxygen atoms in total. The largest absolute Gasteiger partial charge is 0.351 e. The van der Waals surface area contributed by atoms with Crippen LogP contribution in [0.4, 0.5) is 16.2 Å². The summed E-state index contributed by atoms with van der Waals surface area (Å²) in [5, 5.41) is 5.16. The van der Waals surface area contributed by atoms with Gasteiger partial charge in [0, 0.05) is 11.4 Å². The average molecular weight is 264 g/mol. The maximum atomic E-state index is 11.8. The highest BCUT2D eigenvalue weighted by Gasteiger charge is 2.14. The highest BCUT2D eigenvalue weighted by molar-refractivity contribution is 5.95. The predicted octanol–water partition coefficient (Wildman–Crippen LogP) is 1.49. The van der Waals surface area contributed by atoms with Gasteiger partial charge in [0.15, 0.2) is 0 Å². The van der Waals surface area contributed by atoms with Gasteiger partial charge >= 0.3 is 6.03 Å². The SMILES string of the molecule is CC(C)C[C@@H](N)C(=O)Nc1ccc(NC(N)=O)cc1. The van der Waals surface area contributed by atoms with Gasteiger partial charge in [-0.05, 0) is 36.6 Å². The molecule has 1 aromatic carbocycles. The smallest absolute Gasteiger partial charge is 0.316 e. The van der Waals surface area contributed by atoms with Gasteiger partial charge in [-0.25, -0.2) is 4.79 Å². The number of nitrogens with two attached hydrogens (primary N) is 2. The van der Waals surface area contributed by atoms with Crippen molar-refractivity contribution in [1.29, 1.82) is 0 Å². The first-order valence-electron chi connectivity index (χ1n) is 6.11. The number of benzene rings is 1. The quantitative estimate of drug-likeness (QED) is 0.646. The maximum Gasteiger partial charge on any atom is 0.316 e. The number of hydrogen-bond donors (Lipinski definition) is 4. The summed E-state index contributed by atoms with van der Waals surface area (Å²) in [5.41, 5.74) is 12.0. The molecule has 0 unspecified atom stereocenters. The summed E-state index contributed by atoms with van der Waals surface area (Å²) in [5.74, 6) is 0.146. The van der Waals surface area contributed by atoms with Crippen molar-refractivity contribution in [3.63, 3.8) is 0 Å². The molecule has 0 saturated heterocycles. The second-order valence-electron chi connectivity index (χ2n) is 4.79. The second kappa shape index (κ2) is 6.75. The molecule has 6 N–H and O–H groups in total. The molecule has 1 rings (SSSR count). The van der Waals surface area contributed by atoms with Crippen LogP contribution in [0.15, 0.2) is 24.3 Å². The molecule has 0 aliphatic carbocycles. The van der Waals surface area contributed by atoms with Gasteiger partial charge in [0.05, 0.1) is 6.04 Å². The van der Waals surface area contributed by atoms with E-state index in [9.17, 15) is 9.59 Å². The van der Waals surface area contributed by atoms with E-state index in [-0.39, 0.29) is 5.91 Å². The Morgan fingerprint density at radius 3 is 2.00 bits per heavy atom. The minimum atomic E-state index is -0.629. The first-order chi connectivity index (χ1) is 8.88. The van der Waals surface area contributed by atoms with Crippen LogP contribution in [0.1, 0.15) is 20.3 Å². The molecule has 0 radical (unpaired) electrons. The number of urea groups is 1. The second-order valence-corrected chi connectivity index (χ2v) is 4.79. The van der Waals surface area contributed by atoms with Gasteiger partial charge in [0.2, 0.25) is 5.91 Å². The van der Waals surface area contributed by atoms with E-state index in [0.29, 0.717) is 23.7 Å². The Balaban J connectivity index is 2.57. The lowest BCUT2D eigenvalue weighted by Gasteiger charge is -2.14. The lowest BCUT2D eigenvalue weighted by Crippen LogP contribution is -2.36. The van der Waals surface area contributed by atoms with Crippen LogP contribution in [0, 0.1) is 5.92 Å². The van der Waals surface area contributed by atoms with Crippen LogP contribution < -0.4 is 22.1 Å². The highest BCUT2D eigenvalue weighted by atomic mass is 16.2. The van der Waals surface area contributed by atoms with E-state index in [0.717, 1.165) is 0 Å². The number of carbonyl (C=O) groups excluding carboxylic acids is 2. The first kappa shape index (κ1) is 15.0. The summed E-state index contributed by atoms with van der Waals surface area (Å²) in [6.07, 6.45) is 0.632. The van der Waals surface area contributed by atoms with E-state index in [1.54, 1.807) is 24.3 Å². The van der Waals surface area contributed by atoms with E-state index >= 15 is 0 Å². The van der Waals surface area contributed by atoms with Crippen molar-refractivity contribution in [3.8, 4) is 0 Å². The maximum absolute atomic E-state index is 11.8. The number of primary amides is 1. The van der Waals surface area contributed by atoms with Crippen LogP contribution in [-0.4, -0.2) is 18.0 Å². The molecular formula is C13H20N4O2. The van der Waals surface area contributed by atoms with Crippen LogP contribution >= 0.6 is 0 Å². The third-order valence-corrected chi connectivity index (χ3v) is 2.48. The summed E-state index contributed by atoms with van der Waals surface area (Å²) < 4.78 is 0. The van der Waals surface area contributed by atoms with Crippen molar-refractivity contribution in [2.45, 2.75) is 26.3 Å². The molecule has 0 aliphatic rings. The fourth-order valence-corrected chi connectivity index (χ4v) is 1.63. The predicted molar refractivity (Wildman–Crippen MR) is 75.7 cm³/mol. The van der Waals surface area contributed by atoms with E-state index in [1.807, 2.05) is 13.8 Å². The van der Waals surface area contributed by atoms with Crippen LogP contribution in [0.5, 0.6) is 0 Å². The van der Waals surface area contributed by atoms with Gasteiger partial charge in [0.1, 0.15) is 0 Å². The number of anilines is 2. The molecule has 0 saturated carbocycles. The Hall–Kier alpha value is -2.08. The number of amides is 3. The lowest BCUT2D eigenvalue weighted by atomic mass is 10.0. The first-order valence-corrected chi connectivity index (χ1v) is 6.11. The van der Waals surface area contributed by atoms with Crippen molar-refractivity contribution >= 4 is 23.3 Å². The number of rotatable bonds is 5. The van der Waals surface area contributed by atoms with Crippen molar-refractivity contribution in [2.24, 2.45) is 17.4 Å². The Morgan fingerprint density at radius 1 is 1.11 bits per heavy atom. The summed E-state index contributed by atoms with van der Waals surface area (Å²) in [6.45, 7) is 4.02. The zero-order chi connectivity index (χ0) is 14.4. The normalized spacial score (nSPS) is 12.0. The zero-order valence-corrected chi connectivity index (χ0v) is 11.1. The molecule has 0 bridgehead atoms. The Bertz CT molecular complexity index is 442. The number of hydrogen-bond acceptors (Lipinski definition) is 3. The van der Waals surface area contributed by atoms with E-state index in [4.69, 9.17) is 11.5 Å². The van der Waals surface area contributed by atoms with Gasteiger partial charge in [-0.15, -0.1) is 0 Å². The lowest BCUT2D eigenvalue weighted by molar-refractivity contribution is -0.117. The number of carbonyl (C=O) groups is 2. The van der Waals surface area contributed by atoms with Crippen molar-refractivity contribution in [1.82, 2.24) is 0 Å². The van der Waals surface area contributed by atoms with Gasteiger partial charge in [-0.3, -0.25) is 4.79 Å². The third-order valence-electron chi connectivity index (χ3n) is 2.48. The Labute approximate surface area is 112 Å². The van der Waals surface area contributed by atoms with Crippen LogP contribution in [0.2, 0.25) is 0 Å². The third kappa shape index (κ3) is 5.39. The van der Waals surface area contributed by atoms with Crippen LogP contribution in [-0.2, 0) is 4.79 Å². The fourth-order valence-electron chi connectivity index (χ4n) is 1.63. The highest BCUT2D eigenvalue weighted by Crippen LogP contribution is 2.14. The minimum absolute atomic E-state index is 0.218. The molecule has 0 heterocycles. The van der Waals surface area contributed by atoms with Gasteiger partial charge in [0.25, 0.3) is 0 Å². The van der Waals surface area contributed by atoms with Gasteiger partial charge in [-0.1, -0.05) is 13.8 Å². The molecule has 104 valence electrons. The van der Waals surface area contributed by atoms with Gasteiger partial charge in [-0.2, -0.15) is 0 Å². The monoisotopic (exact) mass is 264 g/mol. The van der Waals surface area contributed by atoms with Crippen molar-refractivity contribution in [2.75, 3.05) is 10.6 Å². The molecule has 0 fully saturated rings. The summed E-state index contributed by atoms with van der Waals surface area (Å²) in [4.78, 5) is 22.4. The molecule has 0 spiro atoms. The zero-order valence-electron chi connectivity index (χ0n) is 11.1. The van der Waals surface area contributed by atoms with E-state index in [2.05, 4.69) is 10.6 Å². The summed E-state index contributed by atoms with van der Waals surface area (Å²) in [7, 11) is 0. The summed E-state index contributed by atoms with van der Waals surface area (Å²) in [6, 6.07) is 5.48. The van der Waals surface area contributed by atoms with E-state index < -0.39 is 12.1 Å². The Morgan fingerprint density at radius 2 is 1.58 bits per heavy atom. The standard InChI is InChI=1S/C13H20N4O2/c1-8(2)7-11(14)12(18)16-9-3-5-10(6-4-9)17-13(15)19/h3-6,8,11H,7,14H2,1-2H3,(H,16,18)(H3,15,17,19)/t11-/m1/s1. The molecule has 0 aromatic heterocycles. The fraction of sp³-hybridized carbons (Fsp3) is 0.385. The Kier molecular flexibility index (Phi) is 5.32. The minimum Gasteiger partial charge on any atom is -0.351 e. The molecule has 19 heavy (non-hydrogen) atoms. The molecule has 1 aromatic rings. The molecule has 1 atom stereocenters. The molecule has 3 amide bonds. The number of nitrogens with one attached hydrogen (secondary N) is 2. The summed E-state index contributed by atoms with van der Waals surface area (Å²) >= 11 is 0. The van der Waals surface area contributed by atoms with Gasteiger partial charge < -0.3 is 22.1 Å². The average Bonchev–Trinajstić information content (AvgIpc) is 2.30. The molecule has 0 aliphatic heterocycles. The van der Waals surface area contributed by atoms with Crippen molar-refractivity contribution < 1.29 is 9.59 Å². The van der Waals surface area contributed by atoms with Crippen LogP contribution in [0.3, 0.4) is 0 Å². The van der Waals surface area contributed by atoms with Crippen molar-refractivity contribution in [3.05, 3.63) is 24.3 Å². The topological polar surface area (TPSA) is 110 Å².